The third-order valence-corrected chi connectivity index (χ3v) is 2.60. The summed E-state index contributed by atoms with van der Waals surface area (Å²) in [6, 6.07) is 0. The Morgan fingerprint density at radius 2 is 2.20 bits per heavy atom. The predicted octanol–water partition coefficient (Wildman–Crippen LogP) is 1.36. The Morgan fingerprint density at radius 1 is 1.30 bits per heavy atom. The molecule has 0 saturated carbocycles. The highest BCUT2D eigenvalue weighted by molar-refractivity contribution is 5.18. The molecule has 0 bridgehead atoms. The number of hydrogen-bond donors (Lipinski definition) is 1. The second-order valence-electron chi connectivity index (χ2n) is 3.14. The van der Waals surface area contributed by atoms with Gasteiger partial charge < -0.3 is 5.11 Å². The van der Waals surface area contributed by atoms with Gasteiger partial charge in [0.1, 0.15) is 0 Å². The zero-order valence-corrected chi connectivity index (χ0v) is 5.90. The lowest BCUT2D eigenvalue weighted by Gasteiger charge is -2.15. The van der Waals surface area contributed by atoms with Gasteiger partial charge in [0, 0.05) is 12.5 Å². The van der Waals surface area contributed by atoms with Crippen molar-refractivity contribution in [3.63, 3.8) is 0 Å². The molecule has 2 aliphatic rings. The second-order valence-corrected chi connectivity index (χ2v) is 3.14. The van der Waals surface area contributed by atoms with Gasteiger partial charge >= 0.3 is 0 Å². The molecule has 0 aromatic rings. The van der Waals surface area contributed by atoms with Crippen molar-refractivity contribution in [2.45, 2.75) is 6.42 Å². The molecule has 1 N–H and O–H groups in total. The van der Waals surface area contributed by atoms with Crippen LogP contribution in [0.25, 0.3) is 0 Å². The lowest BCUT2D eigenvalue weighted by atomic mass is 9.91. The highest BCUT2D eigenvalue weighted by Gasteiger charge is 2.31. The first kappa shape index (κ1) is 6.17. The van der Waals surface area contributed by atoms with Crippen molar-refractivity contribution < 1.29 is 5.11 Å². The molecule has 0 heterocycles. The molecule has 0 aromatic carbocycles. The van der Waals surface area contributed by atoms with Gasteiger partial charge in [-0.25, -0.2) is 0 Å². The summed E-state index contributed by atoms with van der Waals surface area (Å²) in [5.74, 6) is 1.75. The van der Waals surface area contributed by atoms with Gasteiger partial charge in [-0.05, 0) is 18.3 Å². The van der Waals surface area contributed by atoms with Crippen LogP contribution in [0.2, 0.25) is 0 Å². The first-order valence-corrected chi connectivity index (χ1v) is 3.87. The monoisotopic (exact) mass is 136 g/mol. The van der Waals surface area contributed by atoms with Gasteiger partial charge in [-0.2, -0.15) is 0 Å². The molecule has 10 heavy (non-hydrogen) atoms. The van der Waals surface area contributed by atoms with Gasteiger partial charge in [0.25, 0.3) is 0 Å². The van der Waals surface area contributed by atoms with E-state index in [4.69, 9.17) is 5.11 Å². The van der Waals surface area contributed by atoms with Crippen LogP contribution in [-0.2, 0) is 0 Å². The number of hydrogen-bond acceptors (Lipinski definition) is 1. The van der Waals surface area contributed by atoms with E-state index in [0.717, 1.165) is 6.42 Å². The van der Waals surface area contributed by atoms with Crippen LogP contribution in [0, 0.1) is 17.8 Å². The average molecular weight is 136 g/mol. The van der Waals surface area contributed by atoms with Gasteiger partial charge in [-0.1, -0.05) is 24.3 Å². The lowest BCUT2D eigenvalue weighted by molar-refractivity contribution is 0.210. The topological polar surface area (TPSA) is 20.2 Å². The fraction of sp³-hybridized carbons (Fsp3) is 0.556. The van der Waals surface area contributed by atoms with Crippen molar-refractivity contribution in [1.29, 1.82) is 0 Å². The Balaban J connectivity index is 2.12. The normalized spacial score (nSPS) is 42.7. The zero-order valence-electron chi connectivity index (χ0n) is 5.90. The molecule has 2 aliphatic carbocycles. The molecule has 3 atom stereocenters. The van der Waals surface area contributed by atoms with E-state index in [1.165, 1.54) is 0 Å². The van der Waals surface area contributed by atoms with Crippen LogP contribution in [0.5, 0.6) is 0 Å². The highest BCUT2D eigenvalue weighted by atomic mass is 16.3. The van der Waals surface area contributed by atoms with Crippen LogP contribution in [0.15, 0.2) is 24.3 Å². The molecule has 0 unspecified atom stereocenters. The predicted molar refractivity (Wildman–Crippen MR) is 40.5 cm³/mol. The van der Waals surface area contributed by atoms with Crippen LogP contribution < -0.4 is 0 Å². The van der Waals surface area contributed by atoms with Gasteiger partial charge in [0.15, 0.2) is 0 Å². The van der Waals surface area contributed by atoms with Crippen molar-refractivity contribution in [2.75, 3.05) is 6.61 Å². The Morgan fingerprint density at radius 3 is 3.00 bits per heavy atom. The molecule has 0 amide bonds. The summed E-state index contributed by atoms with van der Waals surface area (Å²) in [5, 5.41) is 8.93. The third-order valence-electron chi connectivity index (χ3n) is 2.60. The van der Waals surface area contributed by atoms with Crippen LogP contribution in [0.4, 0.5) is 0 Å². The minimum atomic E-state index is 0.319. The third kappa shape index (κ3) is 0.739. The molecule has 0 spiro atoms. The Labute approximate surface area is 61.1 Å². The number of fused-ring (bicyclic) bond motifs is 1. The fourth-order valence-electron chi connectivity index (χ4n) is 1.97. The van der Waals surface area contributed by atoms with Crippen LogP contribution in [-0.4, -0.2) is 11.7 Å². The average Bonchev–Trinajstić information content (AvgIpc) is 2.44. The van der Waals surface area contributed by atoms with Crippen molar-refractivity contribution in [3.8, 4) is 0 Å². The van der Waals surface area contributed by atoms with E-state index >= 15 is 0 Å². The Hall–Kier alpha value is -0.560. The summed E-state index contributed by atoms with van der Waals surface area (Å²) in [5.41, 5.74) is 0. The minimum absolute atomic E-state index is 0.319. The van der Waals surface area contributed by atoms with Gasteiger partial charge in [-0.15, -0.1) is 0 Å². The highest BCUT2D eigenvalue weighted by Crippen LogP contribution is 2.38. The van der Waals surface area contributed by atoms with Gasteiger partial charge in [-0.3, -0.25) is 0 Å². The van der Waals surface area contributed by atoms with E-state index in [9.17, 15) is 0 Å². The maximum Gasteiger partial charge on any atom is 0.0496 e. The maximum atomic E-state index is 8.93. The lowest BCUT2D eigenvalue weighted by Crippen LogP contribution is -2.13. The summed E-state index contributed by atoms with van der Waals surface area (Å²) in [7, 11) is 0. The number of aliphatic hydroxyl groups excluding tert-OH is 1. The Kier molecular flexibility index (Phi) is 1.38. The quantitative estimate of drug-likeness (QED) is 0.539. The van der Waals surface area contributed by atoms with Crippen LogP contribution in [0.3, 0.4) is 0 Å². The summed E-state index contributed by atoms with van der Waals surface area (Å²) in [4.78, 5) is 0. The van der Waals surface area contributed by atoms with E-state index < -0.39 is 0 Å². The van der Waals surface area contributed by atoms with Crippen molar-refractivity contribution in [2.24, 2.45) is 17.8 Å². The van der Waals surface area contributed by atoms with E-state index in [1.54, 1.807) is 0 Å². The zero-order chi connectivity index (χ0) is 6.97. The standard InChI is InChI=1S/C9H12O/c10-6-8-5-4-7-2-1-3-9(7)8/h1-2,4-5,7-10H,3,6H2/t7-,8+,9-/m1/s1. The molecule has 0 aliphatic heterocycles. The number of allylic oxidation sites excluding steroid dienone is 3. The summed E-state index contributed by atoms with van der Waals surface area (Å²) >= 11 is 0. The molecule has 54 valence electrons. The molecular formula is C9H12O. The molecule has 1 heteroatoms. The van der Waals surface area contributed by atoms with Crippen molar-refractivity contribution >= 4 is 0 Å². The van der Waals surface area contributed by atoms with Crippen LogP contribution in [0.1, 0.15) is 6.42 Å². The molecule has 0 saturated heterocycles. The largest absolute Gasteiger partial charge is 0.396 e. The summed E-state index contributed by atoms with van der Waals surface area (Å²) < 4.78 is 0. The molecular weight excluding hydrogens is 124 g/mol. The van der Waals surface area contributed by atoms with Gasteiger partial charge in [0.05, 0.1) is 0 Å². The molecule has 0 radical (unpaired) electrons. The van der Waals surface area contributed by atoms with E-state index in [0.29, 0.717) is 24.4 Å². The first-order valence-electron chi connectivity index (χ1n) is 3.87. The van der Waals surface area contributed by atoms with Crippen molar-refractivity contribution in [3.05, 3.63) is 24.3 Å². The SMILES string of the molecule is OC[C@@H]1C=C[C@H]2C=CC[C@H]21. The number of aliphatic hydroxyl groups is 1. The first-order chi connectivity index (χ1) is 4.92. The minimum Gasteiger partial charge on any atom is -0.396 e. The summed E-state index contributed by atoms with van der Waals surface area (Å²) in [6.07, 6.45) is 10.00. The van der Waals surface area contributed by atoms with E-state index in [1.807, 2.05) is 0 Å². The molecule has 0 aromatic heterocycles. The molecule has 2 rings (SSSR count). The van der Waals surface area contributed by atoms with E-state index in [-0.39, 0.29) is 0 Å². The van der Waals surface area contributed by atoms with Gasteiger partial charge in [0.2, 0.25) is 0 Å². The van der Waals surface area contributed by atoms with E-state index in [2.05, 4.69) is 24.3 Å². The molecule has 1 nitrogen and oxygen atoms in total. The number of rotatable bonds is 1. The molecule has 0 fully saturated rings. The Bertz CT molecular complexity index is 181. The summed E-state index contributed by atoms with van der Waals surface area (Å²) in [6.45, 7) is 0.319. The smallest absolute Gasteiger partial charge is 0.0496 e. The maximum absolute atomic E-state index is 8.93. The second kappa shape index (κ2) is 2.24. The fourth-order valence-corrected chi connectivity index (χ4v) is 1.97. The van der Waals surface area contributed by atoms with Crippen molar-refractivity contribution in [1.82, 2.24) is 0 Å². The van der Waals surface area contributed by atoms with Crippen LogP contribution >= 0.6 is 0 Å².